The van der Waals surface area contributed by atoms with Gasteiger partial charge in [-0.05, 0) is 67.8 Å². The highest BCUT2D eigenvalue weighted by atomic mass is 16.5. The van der Waals surface area contributed by atoms with Crippen LogP contribution in [0.4, 0.5) is 0 Å². The van der Waals surface area contributed by atoms with Crippen LogP contribution in [0, 0.1) is 28.6 Å². The van der Waals surface area contributed by atoms with Gasteiger partial charge in [-0.2, -0.15) is 0 Å². The number of rotatable bonds is 2. The maximum absolute atomic E-state index is 12.5. The van der Waals surface area contributed by atoms with E-state index in [-0.39, 0.29) is 16.8 Å². The number of hydrogen-bond donors (Lipinski definition) is 0. The van der Waals surface area contributed by atoms with Crippen LogP contribution in [-0.4, -0.2) is 13.1 Å². The summed E-state index contributed by atoms with van der Waals surface area (Å²) in [6.45, 7) is 9.20. The van der Waals surface area contributed by atoms with Gasteiger partial charge < -0.3 is 4.74 Å². The van der Waals surface area contributed by atoms with E-state index in [2.05, 4.69) is 39.8 Å². The van der Waals surface area contributed by atoms with Gasteiger partial charge in [0.1, 0.15) is 0 Å². The number of ether oxygens (including phenoxy) is 1. The van der Waals surface area contributed by atoms with Crippen molar-refractivity contribution < 1.29 is 9.53 Å². The van der Waals surface area contributed by atoms with Crippen LogP contribution in [0.1, 0.15) is 66.2 Å². The van der Waals surface area contributed by atoms with Crippen molar-refractivity contribution in [2.45, 2.75) is 66.2 Å². The van der Waals surface area contributed by atoms with Gasteiger partial charge in [0.2, 0.25) is 0 Å². The Morgan fingerprint density at radius 2 is 2.04 bits per heavy atom. The molecule has 2 nitrogen and oxygen atoms in total. The van der Waals surface area contributed by atoms with Crippen LogP contribution in [-0.2, 0) is 9.53 Å². The van der Waals surface area contributed by atoms with E-state index in [9.17, 15) is 4.79 Å². The summed E-state index contributed by atoms with van der Waals surface area (Å²) in [5.41, 5.74) is 3.07. The van der Waals surface area contributed by atoms with E-state index in [1.54, 1.807) is 18.3 Å². The molecule has 3 rings (SSSR count). The van der Waals surface area contributed by atoms with Gasteiger partial charge in [0.15, 0.2) is 0 Å². The predicted molar refractivity (Wildman–Crippen MR) is 93.9 cm³/mol. The van der Waals surface area contributed by atoms with Gasteiger partial charge in [-0.15, -0.1) is 0 Å². The Morgan fingerprint density at radius 3 is 2.70 bits per heavy atom. The molecule has 0 N–H and O–H groups in total. The molecule has 0 aromatic heterocycles. The van der Waals surface area contributed by atoms with E-state index < -0.39 is 0 Å². The van der Waals surface area contributed by atoms with Crippen molar-refractivity contribution >= 4 is 5.97 Å². The lowest BCUT2D eigenvalue weighted by atomic mass is 9.47. The number of methoxy groups -OCH3 is 1. The molecule has 23 heavy (non-hydrogen) atoms. The number of carbonyl (C=O) groups is 1. The summed E-state index contributed by atoms with van der Waals surface area (Å²) in [6, 6.07) is 0. The first-order chi connectivity index (χ1) is 10.8. The Balaban J connectivity index is 1.99. The summed E-state index contributed by atoms with van der Waals surface area (Å²) in [4.78, 5) is 12.5. The van der Waals surface area contributed by atoms with E-state index >= 15 is 0 Å². The van der Waals surface area contributed by atoms with Crippen LogP contribution < -0.4 is 0 Å². The van der Waals surface area contributed by atoms with Gasteiger partial charge in [-0.3, -0.25) is 4.79 Å². The fourth-order valence-corrected chi connectivity index (χ4v) is 5.82. The van der Waals surface area contributed by atoms with Crippen molar-refractivity contribution in [3.05, 3.63) is 23.3 Å². The topological polar surface area (TPSA) is 26.3 Å². The lowest BCUT2D eigenvalue weighted by Gasteiger charge is -2.57. The van der Waals surface area contributed by atoms with Crippen molar-refractivity contribution in [3.8, 4) is 0 Å². The monoisotopic (exact) mass is 316 g/mol. The first-order valence-electron chi connectivity index (χ1n) is 9.32. The molecule has 0 spiro atoms. The molecule has 1 fully saturated rings. The maximum Gasteiger partial charge on any atom is 0.311 e. The summed E-state index contributed by atoms with van der Waals surface area (Å²) in [7, 11) is 1.54. The van der Waals surface area contributed by atoms with Crippen molar-refractivity contribution in [1.29, 1.82) is 0 Å². The molecule has 1 saturated carbocycles. The summed E-state index contributed by atoms with van der Waals surface area (Å²) >= 11 is 0. The minimum absolute atomic E-state index is 0.000467. The highest BCUT2D eigenvalue weighted by molar-refractivity contribution is 5.77. The van der Waals surface area contributed by atoms with Crippen molar-refractivity contribution in [2.75, 3.05) is 7.11 Å². The lowest BCUT2D eigenvalue weighted by Crippen LogP contribution is -2.53. The molecular weight excluding hydrogens is 284 g/mol. The molecule has 0 saturated heterocycles. The molecule has 0 radical (unpaired) electrons. The Kier molecular flexibility index (Phi) is 4.23. The van der Waals surface area contributed by atoms with E-state index in [4.69, 9.17) is 4.74 Å². The lowest BCUT2D eigenvalue weighted by molar-refractivity contribution is -0.166. The number of fused-ring (bicyclic) bond motifs is 3. The fraction of sp³-hybridized carbons (Fsp3) is 0.762. The average molecular weight is 316 g/mol. The molecular formula is C21H32O2. The second-order valence-electron chi connectivity index (χ2n) is 8.73. The Morgan fingerprint density at radius 1 is 1.30 bits per heavy atom. The number of allylic oxidation sites excluding steroid dienone is 4. The second kappa shape index (κ2) is 5.79. The summed E-state index contributed by atoms with van der Waals surface area (Å²) in [5, 5.41) is 0. The Hall–Kier alpha value is -1.05. The number of carbonyl (C=O) groups excluding carboxylic acids is 1. The van der Waals surface area contributed by atoms with Gasteiger partial charge in [-0.25, -0.2) is 0 Å². The van der Waals surface area contributed by atoms with E-state index in [1.165, 1.54) is 19.3 Å². The SMILES string of the molecule is COC(=O)[C@]1(C)CCC[C@]2(C)[C@@H]3CCC(C(C)C)=CC3=CC[C@@H]21. The van der Waals surface area contributed by atoms with Crippen molar-refractivity contribution in [1.82, 2.24) is 0 Å². The van der Waals surface area contributed by atoms with Crippen molar-refractivity contribution in [2.24, 2.45) is 28.6 Å². The van der Waals surface area contributed by atoms with Crippen LogP contribution in [0.25, 0.3) is 0 Å². The third-order valence-corrected chi connectivity index (χ3v) is 7.23. The van der Waals surface area contributed by atoms with Gasteiger partial charge >= 0.3 is 5.97 Å². The fourth-order valence-electron chi connectivity index (χ4n) is 5.82. The second-order valence-corrected chi connectivity index (χ2v) is 8.73. The highest BCUT2D eigenvalue weighted by Gasteiger charge is 2.57. The molecule has 3 aliphatic carbocycles. The summed E-state index contributed by atoms with van der Waals surface area (Å²) in [5.74, 6) is 1.68. The van der Waals surface area contributed by atoms with Gasteiger partial charge in [0.25, 0.3) is 0 Å². The Bertz CT molecular complexity index is 556. The van der Waals surface area contributed by atoms with Gasteiger partial charge in [0.05, 0.1) is 12.5 Å². The zero-order valence-electron chi connectivity index (χ0n) is 15.4. The standard InChI is InChI=1S/C21H32O2/c1-14(2)15-7-9-17-16(13-15)8-10-18-20(17,3)11-6-12-21(18,4)19(22)23-5/h8,13-14,17-18H,6-7,9-12H2,1-5H3/t17-,18+,20-,21-/m1/s1. The quantitative estimate of drug-likeness (QED) is 0.647. The molecule has 4 atom stereocenters. The molecule has 0 bridgehead atoms. The third kappa shape index (κ3) is 2.49. The average Bonchev–Trinajstić information content (AvgIpc) is 2.53. The smallest absolute Gasteiger partial charge is 0.311 e. The zero-order chi connectivity index (χ0) is 16.8. The Labute approximate surface area is 141 Å². The number of esters is 1. The van der Waals surface area contributed by atoms with E-state index in [0.717, 1.165) is 19.3 Å². The molecule has 3 aliphatic rings. The molecule has 0 aliphatic heterocycles. The first kappa shape index (κ1) is 16.8. The van der Waals surface area contributed by atoms with E-state index in [0.29, 0.717) is 17.8 Å². The minimum atomic E-state index is -0.314. The third-order valence-electron chi connectivity index (χ3n) is 7.23. The number of hydrogen-bond acceptors (Lipinski definition) is 2. The molecule has 0 aromatic carbocycles. The maximum atomic E-state index is 12.5. The van der Waals surface area contributed by atoms with E-state index in [1.807, 2.05) is 0 Å². The van der Waals surface area contributed by atoms with Crippen molar-refractivity contribution in [3.63, 3.8) is 0 Å². The summed E-state index contributed by atoms with van der Waals surface area (Å²) in [6.07, 6.45) is 11.8. The van der Waals surface area contributed by atoms with Crippen LogP contribution >= 0.6 is 0 Å². The van der Waals surface area contributed by atoms with Crippen LogP contribution in [0.5, 0.6) is 0 Å². The highest BCUT2D eigenvalue weighted by Crippen LogP contribution is 2.62. The molecule has 0 amide bonds. The molecule has 0 aromatic rings. The molecule has 128 valence electrons. The molecule has 0 unspecified atom stereocenters. The largest absolute Gasteiger partial charge is 0.469 e. The molecule has 2 heteroatoms. The first-order valence-corrected chi connectivity index (χ1v) is 9.32. The summed E-state index contributed by atoms with van der Waals surface area (Å²) < 4.78 is 5.20. The predicted octanol–water partition coefficient (Wildman–Crippen LogP) is 5.29. The van der Waals surface area contributed by atoms with Gasteiger partial charge in [0, 0.05) is 0 Å². The normalized spacial score (nSPS) is 39.9. The van der Waals surface area contributed by atoms with Gasteiger partial charge in [-0.1, -0.05) is 44.9 Å². The van der Waals surface area contributed by atoms with Crippen LogP contribution in [0.15, 0.2) is 23.3 Å². The van der Waals surface area contributed by atoms with Crippen LogP contribution in [0.3, 0.4) is 0 Å². The molecule has 0 heterocycles. The zero-order valence-corrected chi connectivity index (χ0v) is 15.4. The van der Waals surface area contributed by atoms with Crippen LogP contribution in [0.2, 0.25) is 0 Å². The minimum Gasteiger partial charge on any atom is -0.469 e.